The van der Waals surface area contributed by atoms with Gasteiger partial charge in [0.15, 0.2) is 0 Å². The summed E-state index contributed by atoms with van der Waals surface area (Å²) < 4.78 is 4.55. The van der Waals surface area contributed by atoms with Crippen LogP contribution < -0.4 is 5.48 Å². The summed E-state index contributed by atoms with van der Waals surface area (Å²) >= 11 is 0. The van der Waals surface area contributed by atoms with E-state index in [1.807, 2.05) is 5.48 Å². The molecule has 2 N–H and O–H groups in total. The molecule has 80 valence electrons. The van der Waals surface area contributed by atoms with E-state index in [1.165, 1.54) is 7.11 Å². The highest BCUT2D eigenvalue weighted by Gasteiger charge is 2.03. The van der Waals surface area contributed by atoms with Gasteiger partial charge in [0.05, 0.1) is 18.4 Å². The number of ether oxygens (including phenoxy) is 1. The molecule has 0 radical (unpaired) electrons. The minimum absolute atomic E-state index is 0.376. The lowest BCUT2D eigenvalue weighted by molar-refractivity contribution is 0.0601. The Balaban J connectivity index is 2.86. The Kier molecular flexibility index (Phi) is 3.82. The SMILES string of the molecule is COC(=O)c1ccc(N=C(C)NO)cc1. The van der Waals surface area contributed by atoms with Crippen LogP contribution in [0.25, 0.3) is 0 Å². The van der Waals surface area contributed by atoms with Gasteiger partial charge in [0.25, 0.3) is 0 Å². The molecular formula is C10H12N2O3. The van der Waals surface area contributed by atoms with E-state index in [1.54, 1.807) is 31.2 Å². The first kappa shape index (κ1) is 11.2. The molecule has 0 aliphatic carbocycles. The molecule has 1 aromatic carbocycles. The molecule has 0 heterocycles. The predicted molar refractivity (Wildman–Crippen MR) is 55.5 cm³/mol. The Labute approximate surface area is 87.4 Å². The molecule has 0 aromatic heterocycles. The number of carbonyl (C=O) groups is 1. The number of carbonyl (C=O) groups excluding carboxylic acids is 1. The van der Waals surface area contributed by atoms with E-state index in [9.17, 15) is 4.79 Å². The lowest BCUT2D eigenvalue weighted by Gasteiger charge is -2.00. The molecule has 0 spiro atoms. The van der Waals surface area contributed by atoms with Gasteiger partial charge in [0, 0.05) is 0 Å². The highest BCUT2D eigenvalue weighted by Crippen LogP contribution is 2.13. The second kappa shape index (κ2) is 5.11. The monoisotopic (exact) mass is 208 g/mol. The number of nitrogens with zero attached hydrogens (tertiary/aromatic N) is 1. The molecule has 5 heteroatoms. The Bertz CT molecular complexity index is 371. The van der Waals surface area contributed by atoms with Gasteiger partial charge in [-0.15, -0.1) is 0 Å². The van der Waals surface area contributed by atoms with Crippen LogP contribution in [0.2, 0.25) is 0 Å². The fraction of sp³-hybridized carbons (Fsp3) is 0.200. The summed E-state index contributed by atoms with van der Waals surface area (Å²) in [5, 5.41) is 8.52. The maximum absolute atomic E-state index is 11.1. The van der Waals surface area contributed by atoms with Crippen molar-refractivity contribution >= 4 is 17.5 Å². The molecular weight excluding hydrogens is 196 g/mol. The smallest absolute Gasteiger partial charge is 0.337 e. The first-order chi connectivity index (χ1) is 7.17. The molecule has 15 heavy (non-hydrogen) atoms. The van der Waals surface area contributed by atoms with Crippen molar-refractivity contribution in [2.45, 2.75) is 6.92 Å². The lowest BCUT2D eigenvalue weighted by atomic mass is 10.2. The number of esters is 1. The molecule has 1 aromatic rings. The molecule has 0 bridgehead atoms. The van der Waals surface area contributed by atoms with Gasteiger partial charge < -0.3 is 4.74 Å². The van der Waals surface area contributed by atoms with Crippen molar-refractivity contribution in [3.8, 4) is 0 Å². The van der Waals surface area contributed by atoms with Crippen molar-refractivity contribution in [3.05, 3.63) is 29.8 Å². The highest BCUT2D eigenvalue weighted by molar-refractivity contribution is 5.90. The molecule has 0 atom stereocenters. The molecule has 0 saturated carbocycles. The minimum Gasteiger partial charge on any atom is -0.465 e. The van der Waals surface area contributed by atoms with Gasteiger partial charge in [0.1, 0.15) is 5.84 Å². The van der Waals surface area contributed by atoms with Gasteiger partial charge in [-0.1, -0.05) is 0 Å². The number of amidine groups is 1. The van der Waals surface area contributed by atoms with Crippen molar-refractivity contribution in [2.75, 3.05) is 7.11 Å². The van der Waals surface area contributed by atoms with Crippen molar-refractivity contribution in [3.63, 3.8) is 0 Å². The van der Waals surface area contributed by atoms with Crippen LogP contribution in [0.4, 0.5) is 5.69 Å². The van der Waals surface area contributed by atoms with Crippen LogP contribution in [0.15, 0.2) is 29.3 Å². The zero-order chi connectivity index (χ0) is 11.3. The van der Waals surface area contributed by atoms with E-state index in [0.29, 0.717) is 17.1 Å². The number of nitrogens with one attached hydrogen (secondary N) is 1. The van der Waals surface area contributed by atoms with Gasteiger partial charge in [-0.3, -0.25) is 10.7 Å². The van der Waals surface area contributed by atoms with Crippen LogP contribution in [0.3, 0.4) is 0 Å². The highest BCUT2D eigenvalue weighted by atomic mass is 16.5. The van der Waals surface area contributed by atoms with Crippen LogP contribution in [0.1, 0.15) is 17.3 Å². The molecule has 0 aliphatic heterocycles. The number of hydrogen-bond donors (Lipinski definition) is 2. The third kappa shape index (κ3) is 3.07. The van der Waals surface area contributed by atoms with Crippen LogP contribution in [-0.2, 0) is 4.74 Å². The van der Waals surface area contributed by atoms with E-state index in [0.717, 1.165) is 0 Å². The molecule has 0 saturated heterocycles. The summed E-state index contributed by atoms with van der Waals surface area (Å²) in [7, 11) is 1.33. The number of hydroxylamine groups is 1. The van der Waals surface area contributed by atoms with E-state index < -0.39 is 0 Å². The normalized spacial score (nSPS) is 11.0. The number of hydrogen-bond acceptors (Lipinski definition) is 4. The maximum Gasteiger partial charge on any atom is 0.337 e. The Morgan fingerprint density at radius 1 is 1.40 bits per heavy atom. The topological polar surface area (TPSA) is 70.9 Å². The van der Waals surface area contributed by atoms with Crippen LogP contribution in [0, 0.1) is 0 Å². The van der Waals surface area contributed by atoms with E-state index in [2.05, 4.69) is 9.73 Å². The largest absolute Gasteiger partial charge is 0.465 e. The summed E-state index contributed by atoms with van der Waals surface area (Å²) in [4.78, 5) is 15.1. The second-order valence-electron chi connectivity index (χ2n) is 2.85. The van der Waals surface area contributed by atoms with E-state index in [4.69, 9.17) is 5.21 Å². The van der Waals surface area contributed by atoms with Gasteiger partial charge in [-0.2, -0.15) is 0 Å². The molecule has 1 rings (SSSR count). The summed E-state index contributed by atoms with van der Waals surface area (Å²) in [6.45, 7) is 1.62. The van der Waals surface area contributed by atoms with Crippen LogP contribution in [0.5, 0.6) is 0 Å². The van der Waals surface area contributed by atoms with E-state index in [-0.39, 0.29) is 5.97 Å². The summed E-state index contributed by atoms with van der Waals surface area (Å²) in [5.41, 5.74) is 3.02. The lowest BCUT2D eigenvalue weighted by Crippen LogP contribution is -2.13. The quantitative estimate of drug-likeness (QED) is 0.334. The summed E-state index contributed by atoms with van der Waals surface area (Å²) in [5.74, 6) is -0.0108. The van der Waals surface area contributed by atoms with Gasteiger partial charge in [-0.05, 0) is 31.2 Å². The molecule has 0 aliphatic rings. The number of aliphatic imine (C=N–C) groups is 1. The molecule has 5 nitrogen and oxygen atoms in total. The third-order valence-electron chi connectivity index (χ3n) is 1.75. The fourth-order valence-electron chi connectivity index (χ4n) is 1.01. The fourth-order valence-corrected chi connectivity index (χ4v) is 1.01. The second-order valence-corrected chi connectivity index (χ2v) is 2.85. The predicted octanol–water partition coefficient (Wildman–Crippen LogP) is 1.50. The maximum atomic E-state index is 11.1. The number of methoxy groups -OCH3 is 1. The first-order valence-electron chi connectivity index (χ1n) is 4.31. The average Bonchev–Trinajstić information content (AvgIpc) is 2.29. The van der Waals surface area contributed by atoms with Crippen molar-refractivity contribution < 1.29 is 14.7 Å². The Hall–Kier alpha value is -1.88. The first-order valence-corrected chi connectivity index (χ1v) is 4.31. The van der Waals surface area contributed by atoms with Crippen molar-refractivity contribution in [1.82, 2.24) is 5.48 Å². The van der Waals surface area contributed by atoms with E-state index >= 15 is 0 Å². The van der Waals surface area contributed by atoms with Crippen LogP contribution >= 0.6 is 0 Å². The summed E-state index contributed by atoms with van der Waals surface area (Å²) in [6.07, 6.45) is 0. The number of rotatable bonds is 2. The average molecular weight is 208 g/mol. The van der Waals surface area contributed by atoms with Crippen LogP contribution in [-0.4, -0.2) is 24.1 Å². The molecule has 0 unspecified atom stereocenters. The Morgan fingerprint density at radius 3 is 2.47 bits per heavy atom. The third-order valence-corrected chi connectivity index (χ3v) is 1.75. The molecule has 0 amide bonds. The van der Waals surface area contributed by atoms with Crippen molar-refractivity contribution in [1.29, 1.82) is 0 Å². The minimum atomic E-state index is -0.387. The Morgan fingerprint density at radius 2 is 2.00 bits per heavy atom. The zero-order valence-corrected chi connectivity index (χ0v) is 8.52. The summed E-state index contributed by atoms with van der Waals surface area (Å²) in [6, 6.07) is 6.53. The number of benzene rings is 1. The standard InChI is InChI=1S/C10H12N2O3/c1-7(12-14)11-9-5-3-8(4-6-9)10(13)15-2/h3-6,14H,1-2H3,(H,11,12). The van der Waals surface area contributed by atoms with Crippen molar-refractivity contribution in [2.24, 2.45) is 4.99 Å². The van der Waals surface area contributed by atoms with Gasteiger partial charge in [0.2, 0.25) is 0 Å². The van der Waals surface area contributed by atoms with Gasteiger partial charge in [-0.25, -0.2) is 9.79 Å². The van der Waals surface area contributed by atoms with Gasteiger partial charge >= 0.3 is 5.97 Å². The zero-order valence-electron chi connectivity index (χ0n) is 8.52. The molecule has 0 fully saturated rings.